The van der Waals surface area contributed by atoms with Gasteiger partial charge in [-0.3, -0.25) is 9.13 Å². The summed E-state index contributed by atoms with van der Waals surface area (Å²) in [6.07, 6.45) is 7.22. The fourth-order valence-corrected chi connectivity index (χ4v) is 2.31. The van der Waals surface area contributed by atoms with Crippen molar-refractivity contribution in [3.63, 3.8) is 0 Å². The Morgan fingerprint density at radius 1 is 1.40 bits per heavy atom. The van der Waals surface area contributed by atoms with Crippen LogP contribution in [0.25, 0.3) is 0 Å². The molecule has 0 amide bonds. The zero-order chi connectivity index (χ0) is 10.9. The van der Waals surface area contributed by atoms with Crippen LogP contribution in [0, 0.1) is 5.41 Å². The summed E-state index contributed by atoms with van der Waals surface area (Å²) in [5.41, 5.74) is 0.440. The van der Waals surface area contributed by atoms with Crippen molar-refractivity contribution < 1.29 is 0 Å². The van der Waals surface area contributed by atoms with Crippen molar-refractivity contribution in [1.29, 1.82) is 0 Å². The number of aromatic nitrogens is 2. The molecule has 1 aromatic heterocycles. The average molecular weight is 226 g/mol. The smallest absolute Gasteiger partial charge is 0.299 e. The van der Waals surface area contributed by atoms with Crippen LogP contribution in [0.15, 0.2) is 17.2 Å². The van der Waals surface area contributed by atoms with Gasteiger partial charge in [0.2, 0.25) is 0 Å². The lowest BCUT2D eigenvalue weighted by molar-refractivity contribution is 0.456. The van der Waals surface area contributed by atoms with Gasteiger partial charge in [0.25, 0.3) is 0 Å². The molecule has 1 saturated carbocycles. The molecule has 0 radical (unpaired) electrons. The van der Waals surface area contributed by atoms with Crippen LogP contribution in [0.4, 0.5) is 0 Å². The molecule has 2 rings (SSSR count). The predicted octanol–water partition coefficient (Wildman–Crippen LogP) is 1.77. The fraction of sp³-hybridized carbons (Fsp3) is 0.727. The maximum absolute atomic E-state index is 11.9. The molecule has 0 atom stereocenters. The predicted molar refractivity (Wildman–Crippen MR) is 64.5 cm³/mol. The van der Waals surface area contributed by atoms with Gasteiger partial charge >= 0.3 is 5.69 Å². The standard InChI is InChI=1S/C11H18N2OS/c1-2-5-12-6-7-13(10(12)14)8-11(9-15)3-4-11/h6-7,15H,2-5,8-9H2,1H3. The SMILES string of the molecule is CCCn1ccn(CC2(CS)CC2)c1=O. The third-order valence-electron chi connectivity index (χ3n) is 3.18. The monoisotopic (exact) mass is 226 g/mol. The second-order valence-corrected chi connectivity index (χ2v) is 4.88. The number of hydrogen-bond donors (Lipinski definition) is 1. The highest BCUT2D eigenvalue weighted by Crippen LogP contribution is 2.47. The van der Waals surface area contributed by atoms with Gasteiger partial charge in [0.1, 0.15) is 0 Å². The van der Waals surface area contributed by atoms with Gasteiger partial charge in [-0.1, -0.05) is 6.92 Å². The van der Waals surface area contributed by atoms with Crippen LogP contribution < -0.4 is 5.69 Å². The number of nitrogens with zero attached hydrogens (tertiary/aromatic N) is 2. The lowest BCUT2D eigenvalue weighted by Gasteiger charge is -2.11. The second kappa shape index (κ2) is 4.08. The summed E-state index contributed by atoms with van der Waals surface area (Å²) in [5.74, 6) is 0.887. The Hall–Kier alpha value is -0.640. The van der Waals surface area contributed by atoms with E-state index < -0.39 is 0 Å². The third kappa shape index (κ3) is 2.14. The van der Waals surface area contributed by atoms with Gasteiger partial charge in [-0.05, 0) is 30.4 Å². The van der Waals surface area contributed by atoms with Crippen molar-refractivity contribution in [2.45, 2.75) is 39.3 Å². The summed E-state index contributed by atoms with van der Waals surface area (Å²) in [5, 5.41) is 0. The quantitative estimate of drug-likeness (QED) is 0.761. The number of hydrogen-bond acceptors (Lipinski definition) is 2. The molecule has 84 valence electrons. The zero-order valence-corrected chi connectivity index (χ0v) is 10.0. The molecule has 0 aliphatic heterocycles. The Labute approximate surface area is 95.5 Å². The van der Waals surface area contributed by atoms with Crippen LogP contribution in [0.5, 0.6) is 0 Å². The van der Waals surface area contributed by atoms with Gasteiger partial charge in [0, 0.05) is 25.5 Å². The van der Waals surface area contributed by atoms with Gasteiger partial charge in [0.05, 0.1) is 0 Å². The van der Waals surface area contributed by atoms with Crippen molar-refractivity contribution in [2.75, 3.05) is 5.75 Å². The Balaban J connectivity index is 2.12. The summed E-state index contributed by atoms with van der Waals surface area (Å²) in [7, 11) is 0. The van der Waals surface area contributed by atoms with E-state index >= 15 is 0 Å². The van der Waals surface area contributed by atoms with Crippen LogP contribution in [0.2, 0.25) is 0 Å². The Morgan fingerprint density at radius 3 is 2.60 bits per heavy atom. The van der Waals surface area contributed by atoms with Gasteiger partial charge in [-0.25, -0.2) is 4.79 Å². The van der Waals surface area contributed by atoms with E-state index in [1.165, 1.54) is 12.8 Å². The van der Waals surface area contributed by atoms with E-state index in [1.807, 2.05) is 17.0 Å². The third-order valence-corrected chi connectivity index (χ3v) is 3.85. The van der Waals surface area contributed by atoms with Crippen LogP contribution in [-0.2, 0) is 13.1 Å². The molecular formula is C11H18N2OS. The van der Waals surface area contributed by atoms with Crippen LogP contribution in [0.1, 0.15) is 26.2 Å². The highest BCUT2D eigenvalue weighted by Gasteiger charge is 2.41. The van der Waals surface area contributed by atoms with E-state index in [0.29, 0.717) is 5.41 Å². The maximum atomic E-state index is 11.9. The van der Waals surface area contributed by atoms with Gasteiger partial charge in [0.15, 0.2) is 0 Å². The molecule has 3 nitrogen and oxygen atoms in total. The molecule has 0 saturated heterocycles. The largest absolute Gasteiger partial charge is 0.328 e. The van der Waals surface area contributed by atoms with Gasteiger partial charge < -0.3 is 0 Å². The van der Waals surface area contributed by atoms with Crippen molar-refractivity contribution >= 4 is 12.6 Å². The van der Waals surface area contributed by atoms with E-state index in [9.17, 15) is 4.79 Å². The first-order valence-corrected chi connectivity index (χ1v) is 6.20. The van der Waals surface area contributed by atoms with Crippen molar-refractivity contribution in [3.8, 4) is 0 Å². The highest BCUT2D eigenvalue weighted by atomic mass is 32.1. The first kappa shape index (κ1) is 10.9. The van der Waals surface area contributed by atoms with Gasteiger partial charge in [-0.2, -0.15) is 12.6 Å². The number of aryl methyl sites for hydroxylation is 1. The molecule has 1 fully saturated rings. The lowest BCUT2D eigenvalue weighted by atomic mass is 10.1. The molecule has 0 spiro atoms. The summed E-state index contributed by atoms with van der Waals surface area (Å²) in [6.45, 7) is 3.74. The molecule has 4 heteroatoms. The van der Waals surface area contributed by atoms with Crippen molar-refractivity contribution in [1.82, 2.24) is 9.13 Å². The number of thiol groups is 1. The molecule has 15 heavy (non-hydrogen) atoms. The lowest BCUT2D eigenvalue weighted by Crippen LogP contribution is -2.27. The molecule has 0 bridgehead atoms. The molecule has 0 aromatic carbocycles. The zero-order valence-electron chi connectivity index (χ0n) is 9.15. The van der Waals surface area contributed by atoms with Crippen LogP contribution in [-0.4, -0.2) is 14.9 Å². The second-order valence-electron chi connectivity index (χ2n) is 4.56. The summed E-state index contributed by atoms with van der Waals surface area (Å²) in [6, 6.07) is 0. The molecule has 0 unspecified atom stereocenters. The minimum Gasteiger partial charge on any atom is -0.299 e. The van der Waals surface area contributed by atoms with E-state index in [4.69, 9.17) is 0 Å². The topological polar surface area (TPSA) is 26.9 Å². The van der Waals surface area contributed by atoms with Crippen molar-refractivity contribution in [3.05, 3.63) is 22.9 Å². The minimum atomic E-state index is 0.130. The fourth-order valence-electron chi connectivity index (χ4n) is 1.89. The Bertz CT molecular complexity index is 390. The first-order valence-electron chi connectivity index (χ1n) is 5.57. The maximum Gasteiger partial charge on any atom is 0.328 e. The number of imidazole rings is 1. The number of rotatable bonds is 5. The average Bonchev–Trinajstić information content (AvgIpc) is 2.94. The first-order chi connectivity index (χ1) is 7.21. The normalized spacial score (nSPS) is 18.0. The Kier molecular flexibility index (Phi) is 2.96. The molecular weight excluding hydrogens is 208 g/mol. The summed E-state index contributed by atoms with van der Waals surface area (Å²) < 4.78 is 3.62. The summed E-state index contributed by atoms with van der Waals surface area (Å²) >= 11 is 4.35. The molecule has 1 aliphatic rings. The van der Waals surface area contributed by atoms with E-state index in [-0.39, 0.29) is 5.69 Å². The van der Waals surface area contributed by atoms with E-state index in [1.54, 1.807) is 4.57 Å². The Morgan fingerprint density at radius 2 is 2.07 bits per heavy atom. The van der Waals surface area contributed by atoms with Crippen LogP contribution in [0.3, 0.4) is 0 Å². The van der Waals surface area contributed by atoms with Crippen LogP contribution >= 0.6 is 12.6 Å². The summed E-state index contributed by atoms with van der Waals surface area (Å²) in [4.78, 5) is 11.9. The van der Waals surface area contributed by atoms with E-state index in [0.717, 1.165) is 25.3 Å². The van der Waals surface area contributed by atoms with Gasteiger partial charge in [-0.15, -0.1) is 0 Å². The van der Waals surface area contributed by atoms with Crippen molar-refractivity contribution in [2.24, 2.45) is 5.41 Å². The minimum absolute atomic E-state index is 0.130. The molecule has 0 N–H and O–H groups in total. The molecule has 1 aromatic rings. The molecule has 1 aliphatic carbocycles. The van der Waals surface area contributed by atoms with E-state index in [2.05, 4.69) is 19.6 Å². The molecule has 1 heterocycles. The highest BCUT2D eigenvalue weighted by molar-refractivity contribution is 7.80.